The number of hydrogen-bond donors (Lipinski definition) is 4. The lowest BCUT2D eigenvalue weighted by Crippen LogP contribution is -1.79. The Morgan fingerprint density at radius 3 is 0.875 bits per heavy atom. The minimum atomic E-state index is 0. The third-order valence-corrected chi connectivity index (χ3v) is 1.60. The molecule has 0 atom stereocenters. The van der Waals surface area contributed by atoms with E-state index in [-0.39, 0.29) is 12.3 Å². The van der Waals surface area contributed by atoms with Crippen LogP contribution in [0.3, 0.4) is 0 Å². The second-order valence-electron chi connectivity index (χ2n) is 2.82. The summed E-state index contributed by atoms with van der Waals surface area (Å²) in [6, 6.07) is 19.0. The highest BCUT2D eigenvalue weighted by molar-refractivity contribution is 5.36. The number of benzene rings is 2. The van der Waals surface area contributed by atoms with E-state index in [4.69, 9.17) is 11.5 Å². The largest absolute Gasteiger partial charge is 0.399 e. The Kier molecular flexibility index (Phi) is 9.75. The van der Waals surface area contributed by atoms with Gasteiger partial charge in [0.1, 0.15) is 0 Å². The van der Waals surface area contributed by atoms with Crippen molar-refractivity contribution in [2.24, 2.45) is 0 Å². The van der Waals surface area contributed by atoms with Crippen LogP contribution in [0.2, 0.25) is 0 Å². The summed E-state index contributed by atoms with van der Waals surface area (Å²) < 4.78 is 0. The van der Waals surface area contributed by atoms with Gasteiger partial charge < -0.3 is 23.8 Å². The summed E-state index contributed by atoms with van der Waals surface area (Å²) in [6.07, 6.45) is 0. The highest BCUT2D eigenvalue weighted by Gasteiger charge is 1.72. The Morgan fingerprint density at radius 1 is 0.500 bits per heavy atom. The van der Waals surface area contributed by atoms with E-state index in [1.807, 2.05) is 60.7 Å². The molecule has 4 nitrogen and oxygen atoms in total. The van der Waals surface area contributed by atoms with Gasteiger partial charge in [-0.05, 0) is 24.3 Å². The molecule has 0 amide bonds. The lowest BCUT2D eigenvalue weighted by atomic mass is 10.3. The molecule has 0 bridgehead atoms. The van der Waals surface area contributed by atoms with Gasteiger partial charge in [0.05, 0.1) is 0 Å². The summed E-state index contributed by atoms with van der Waals surface area (Å²) in [4.78, 5) is 0. The molecule has 0 saturated heterocycles. The first-order valence-electron chi connectivity index (χ1n) is 4.40. The van der Waals surface area contributed by atoms with Crippen molar-refractivity contribution >= 4 is 11.4 Å². The predicted molar refractivity (Wildman–Crippen MR) is 71.8 cm³/mol. The summed E-state index contributed by atoms with van der Waals surface area (Å²) in [5, 5.41) is 0. The van der Waals surface area contributed by atoms with E-state index in [0.717, 1.165) is 11.4 Å². The van der Waals surface area contributed by atoms with Crippen LogP contribution in [0.4, 0.5) is 11.4 Å². The topological polar surface area (TPSA) is 122 Å². The van der Waals surface area contributed by atoms with Gasteiger partial charge in [-0.1, -0.05) is 36.4 Å². The van der Waals surface area contributed by atoms with Crippen LogP contribution in [0.5, 0.6) is 0 Å². The van der Waals surface area contributed by atoms with Crippen LogP contribution >= 0.6 is 0 Å². The molecule has 0 radical (unpaired) electrons. The van der Waals surface area contributed by atoms with Gasteiger partial charge in [-0.2, -0.15) is 0 Å². The third-order valence-electron chi connectivity index (χ3n) is 1.60. The van der Waals surface area contributed by atoms with Crippen LogP contribution in [0.25, 0.3) is 0 Å². The van der Waals surface area contributed by atoms with Crippen LogP contribution in [0, 0.1) is 0 Å². The molecule has 0 unspecified atom stereocenters. The Bertz CT molecular complexity index is 310. The van der Waals surface area contributed by atoms with Gasteiger partial charge in [-0.3, -0.25) is 0 Å². The quantitative estimate of drug-likeness (QED) is 0.510. The molecule has 16 heavy (non-hydrogen) atoms. The average Bonchev–Trinajstić information content (AvgIpc) is 2.21. The molecule has 0 fully saturated rings. The van der Waals surface area contributed by atoms with Gasteiger partial charge in [-0.25, -0.2) is 0 Å². The summed E-state index contributed by atoms with van der Waals surface area (Å²) in [5.41, 5.74) is 12.4. The lowest BCUT2D eigenvalue weighted by molar-refractivity contribution is 1.69. The molecular weight excluding hydrogens is 200 g/mol. The van der Waals surface area contributed by atoms with Gasteiger partial charge in [0.2, 0.25) is 0 Å². The molecular formula is C12H20N4. The smallest absolute Gasteiger partial charge is 0.0313 e. The fraction of sp³-hybridized carbons (Fsp3) is 0. The summed E-state index contributed by atoms with van der Waals surface area (Å²) >= 11 is 0. The second kappa shape index (κ2) is 9.51. The molecule has 0 aliphatic rings. The minimum Gasteiger partial charge on any atom is -0.399 e. The summed E-state index contributed by atoms with van der Waals surface area (Å²) in [5.74, 6) is 0. The fourth-order valence-corrected chi connectivity index (χ4v) is 0.906. The zero-order valence-electron chi connectivity index (χ0n) is 9.34. The van der Waals surface area contributed by atoms with Crippen molar-refractivity contribution in [1.82, 2.24) is 12.3 Å². The normalized spacial score (nSPS) is 7.50. The summed E-state index contributed by atoms with van der Waals surface area (Å²) in [6.45, 7) is 0. The average molecular weight is 220 g/mol. The maximum atomic E-state index is 5.36. The molecule has 88 valence electrons. The molecule has 10 N–H and O–H groups in total. The molecule has 0 aliphatic carbocycles. The summed E-state index contributed by atoms with van der Waals surface area (Å²) in [7, 11) is 0. The first-order valence-corrected chi connectivity index (χ1v) is 4.40. The predicted octanol–water partition coefficient (Wildman–Crippen LogP) is 2.86. The molecule has 2 aromatic carbocycles. The minimum absolute atomic E-state index is 0. The number of hydrogen-bond acceptors (Lipinski definition) is 4. The molecule has 0 heterocycles. The number of nitrogen functional groups attached to an aromatic ring is 2. The first kappa shape index (κ1) is 16.4. The van der Waals surface area contributed by atoms with Gasteiger partial charge in [0.25, 0.3) is 0 Å². The highest BCUT2D eigenvalue weighted by atomic mass is 14.5. The number of rotatable bonds is 0. The van der Waals surface area contributed by atoms with Crippen molar-refractivity contribution in [3.8, 4) is 0 Å². The lowest BCUT2D eigenvalue weighted by Gasteiger charge is -1.83. The molecule has 0 aromatic heterocycles. The Labute approximate surface area is 96.4 Å². The van der Waals surface area contributed by atoms with Crippen LogP contribution in [0.15, 0.2) is 60.7 Å². The van der Waals surface area contributed by atoms with Crippen LogP contribution in [0.1, 0.15) is 0 Å². The zero-order chi connectivity index (χ0) is 10.2. The van der Waals surface area contributed by atoms with Crippen molar-refractivity contribution < 1.29 is 0 Å². The van der Waals surface area contributed by atoms with E-state index in [0.29, 0.717) is 0 Å². The Hall–Kier alpha value is -2.04. The van der Waals surface area contributed by atoms with Gasteiger partial charge in [0, 0.05) is 11.4 Å². The molecule has 0 saturated carbocycles. The number of anilines is 2. The van der Waals surface area contributed by atoms with E-state index >= 15 is 0 Å². The van der Waals surface area contributed by atoms with Crippen LogP contribution < -0.4 is 23.8 Å². The fourth-order valence-electron chi connectivity index (χ4n) is 0.906. The van der Waals surface area contributed by atoms with Crippen LogP contribution in [-0.4, -0.2) is 0 Å². The van der Waals surface area contributed by atoms with Crippen molar-refractivity contribution in [2.75, 3.05) is 11.5 Å². The van der Waals surface area contributed by atoms with E-state index in [1.54, 1.807) is 0 Å². The van der Waals surface area contributed by atoms with Crippen molar-refractivity contribution in [3.05, 3.63) is 60.7 Å². The third kappa shape index (κ3) is 7.37. The van der Waals surface area contributed by atoms with Crippen LogP contribution in [-0.2, 0) is 0 Å². The molecule has 0 aliphatic heterocycles. The van der Waals surface area contributed by atoms with E-state index in [9.17, 15) is 0 Å². The number of para-hydroxylation sites is 2. The van der Waals surface area contributed by atoms with Gasteiger partial charge in [0.15, 0.2) is 0 Å². The van der Waals surface area contributed by atoms with E-state index in [2.05, 4.69) is 0 Å². The van der Waals surface area contributed by atoms with Gasteiger partial charge >= 0.3 is 0 Å². The monoisotopic (exact) mass is 220 g/mol. The molecule has 0 spiro atoms. The SMILES string of the molecule is N.N.Nc1ccccc1.Nc1ccccc1. The second-order valence-corrected chi connectivity index (χ2v) is 2.82. The van der Waals surface area contributed by atoms with E-state index < -0.39 is 0 Å². The zero-order valence-corrected chi connectivity index (χ0v) is 9.34. The van der Waals surface area contributed by atoms with E-state index in [1.165, 1.54) is 0 Å². The van der Waals surface area contributed by atoms with Gasteiger partial charge in [-0.15, -0.1) is 0 Å². The maximum absolute atomic E-state index is 5.36. The Balaban J connectivity index is 0. The Morgan fingerprint density at radius 2 is 0.750 bits per heavy atom. The van der Waals surface area contributed by atoms with Crippen molar-refractivity contribution in [3.63, 3.8) is 0 Å². The highest BCUT2D eigenvalue weighted by Crippen LogP contribution is 1.96. The van der Waals surface area contributed by atoms with Crippen molar-refractivity contribution in [1.29, 1.82) is 0 Å². The number of nitrogens with two attached hydrogens (primary N) is 2. The molecule has 2 aromatic rings. The molecule has 4 heteroatoms. The van der Waals surface area contributed by atoms with Crippen molar-refractivity contribution in [2.45, 2.75) is 0 Å². The maximum Gasteiger partial charge on any atom is 0.0313 e. The molecule has 2 rings (SSSR count). The first-order chi connectivity index (χ1) is 6.79. The standard InChI is InChI=1S/2C6H7N.2H3N/c2*7-6-4-2-1-3-5-6;;/h2*1-5H,7H2;2*1H3.